The molecule has 1 atom stereocenters. The number of sulfone groups is 1. The summed E-state index contributed by atoms with van der Waals surface area (Å²) in [6, 6.07) is 2.00. The average molecular weight is 302 g/mol. The first kappa shape index (κ1) is 14.6. The van der Waals surface area contributed by atoms with Gasteiger partial charge in [0.2, 0.25) is 0 Å². The van der Waals surface area contributed by atoms with Gasteiger partial charge >= 0.3 is 5.97 Å². The minimum atomic E-state index is -3.11. The summed E-state index contributed by atoms with van der Waals surface area (Å²) in [6.07, 6.45) is 0.386. The molecule has 0 amide bonds. The molecule has 1 saturated heterocycles. The number of anilines is 2. The summed E-state index contributed by atoms with van der Waals surface area (Å²) in [5, 5.41) is 11.7. The molecule has 1 aromatic carbocycles. The predicted molar refractivity (Wildman–Crippen MR) is 73.1 cm³/mol. The fourth-order valence-corrected chi connectivity index (χ4v) is 4.39. The van der Waals surface area contributed by atoms with Crippen LogP contribution < -0.4 is 11.1 Å². The van der Waals surface area contributed by atoms with Crippen LogP contribution in [0.5, 0.6) is 0 Å². The summed E-state index contributed by atoms with van der Waals surface area (Å²) in [6.45, 7) is 1.71. The zero-order valence-corrected chi connectivity index (χ0v) is 11.6. The van der Waals surface area contributed by atoms with Crippen molar-refractivity contribution in [1.82, 2.24) is 0 Å². The number of carbonyl (C=O) groups is 1. The van der Waals surface area contributed by atoms with Crippen LogP contribution in [0.3, 0.4) is 0 Å². The molecule has 20 heavy (non-hydrogen) atoms. The summed E-state index contributed by atoms with van der Waals surface area (Å²) in [5.74, 6) is -2.33. The maximum absolute atomic E-state index is 13.6. The van der Waals surface area contributed by atoms with Crippen LogP contribution in [-0.4, -0.2) is 36.5 Å². The number of halogens is 1. The van der Waals surface area contributed by atoms with Gasteiger partial charge in [-0.2, -0.15) is 0 Å². The zero-order valence-electron chi connectivity index (χ0n) is 10.8. The Labute approximate surface area is 115 Å². The second-order valence-electron chi connectivity index (χ2n) is 5.25. The molecule has 8 heteroatoms. The van der Waals surface area contributed by atoms with Crippen molar-refractivity contribution in [2.75, 3.05) is 22.6 Å². The normalized spacial score (nSPS) is 24.5. The van der Waals surface area contributed by atoms with E-state index in [9.17, 15) is 17.6 Å². The molecule has 2 rings (SSSR count). The van der Waals surface area contributed by atoms with Crippen molar-refractivity contribution in [1.29, 1.82) is 0 Å². The van der Waals surface area contributed by atoms with Crippen LogP contribution >= 0.6 is 0 Å². The van der Waals surface area contributed by atoms with Gasteiger partial charge in [-0.05, 0) is 25.5 Å². The highest BCUT2D eigenvalue weighted by Crippen LogP contribution is 2.31. The van der Waals surface area contributed by atoms with Crippen LogP contribution in [-0.2, 0) is 9.84 Å². The third kappa shape index (κ3) is 2.84. The van der Waals surface area contributed by atoms with E-state index < -0.39 is 32.7 Å². The molecule has 0 aromatic heterocycles. The Balaban J connectivity index is 2.31. The number of benzene rings is 1. The minimum absolute atomic E-state index is 0.0616. The van der Waals surface area contributed by atoms with E-state index in [2.05, 4.69) is 5.32 Å². The molecule has 1 heterocycles. The smallest absolute Gasteiger partial charge is 0.338 e. The van der Waals surface area contributed by atoms with E-state index in [4.69, 9.17) is 10.8 Å². The molecule has 0 radical (unpaired) electrons. The van der Waals surface area contributed by atoms with Crippen LogP contribution in [0, 0.1) is 5.82 Å². The SMILES string of the molecule is CC1(Nc2cc(F)c(C(=O)O)cc2N)CCS(=O)(=O)C1. The third-order valence-electron chi connectivity index (χ3n) is 3.31. The van der Waals surface area contributed by atoms with Gasteiger partial charge < -0.3 is 16.2 Å². The Morgan fingerprint density at radius 1 is 1.50 bits per heavy atom. The van der Waals surface area contributed by atoms with E-state index in [0.29, 0.717) is 6.42 Å². The predicted octanol–water partition coefficient (Wildman–Crippen LogP) is 1.10. The molecule has 1 aliphatic heterocycles. The van der Waals surface area contributed by atoms with Crippen molar-refractivity contribution in [3.63, 3.8) is 0 Å². The molecule has 0 aliphatic carbocycles. The van der Waals surface area contributed by atoms with Gasteiger partial charge in [0.1, 0.15) is 5.82 Å². The zero-order chi connectivity index (χ0) is 15.1. The first-order valence-corrected chi connectivity index (χ1v) is 7.75. The second kappa shape index (κ2) is 4.62. The number of nitrogen functional groups attached to an aromatic ring is 1. The number of hydrogen-bond acceptors (Lipinski definition) is 5. The molecule has 0 bridgehead atoms. The maximum Gasteiger partial charge on any atom is 0.338 e. The number of rotatable bonds is 3. The van der Waals surface area contributed by atoms with Crippen LogP contribution in [0.4, 0.5) is 15.8 Å². The van der Waals surface area contributed by atoms with Gasteiger partial charge in [-0.25, -0.2) is 17.6 Å². The molecule has 1 aromatic rings. The molecule has 6 nitrogen and oxygen atoms in total. The Kier molecular flexibility index (Phi) is 3.37. The van der Waals surface area contributed by atoms with E-state index in [1.807, 2.05) is 0 Å². The van der Waals surface area contributed by atoms with Crippen molar-refractivity contribution < 1.29 is 22.7 Å². The molecule has 1 fully saturated rings. The quantitative estimate of drug-likeness (QED) is 0.721. The first-order chi connectivity index (χ1) is 9.12. The number of carboxylic acids is 1. The molecular weight excluding hydrogens is 287 g/mol. The van der Waals surface area contributed by atoms with Gasteiger partial charge in [-0.1, -0.05) is 0 Å². The summed E-state index contributed by atoms with van der Waals surface area (Å²) in [5.41, 5.74) is 4.71. The number of hydrogen-bond donors (Lipinski definition) is 3. The lowest BCUT2D eigenvalue weighted by Crippen LogP contribution is -2.36. The lowest BCUT2D eigenvalue weighted by molar-refractivity contribution is 0.0692. The Morgan fingerprint density at radius 2 is 2.15 bits per heavy atom. The number of nitrogens with two attached hydrogens (primary N) is 1. The van der Waals surface area contributed by atoms with Gasteiger partial charge in [0, 0.05) is 5.54 Å². The fourth-order valence-electron chi connectivity index (χ4n) is 2.30. The Hall–Kier alpha value is -1.83. The van der Waals surface area contributed by atoms with E-state index in [1.54, 1.807) is 6.92 Å². The van der Waals surface area contributed by atoms with E-state index in [-0.39, 0.29) is 22.9 Å². The minimum Gasteiger partial charge on any atom is -0.478 e. The van der Waals surface area contributed by atoms with Crippen molar-refractivity contribution in [3.05, 3.63) is 23.5 Å². The molecule has 0 saturated carbocycles. The largest absolute Gasteiger partial charge is 0.478 e. The molecular formula is C12H15FN2O4S. The third-order valence-corrected chi connectivity index (χ3v) is 5.21. The number of nitrogens with one attached hydrogen (secondary N) is 1. The second-order valence-corrected chi connectivity index (χ2v) is 7.44. The molecule has 4 N–H and O–H groups in total. The summed E-state index contributed by atoms with van der Waals surface area (Å²) in [7, 11) is -3.11. The molecule has 1 unspecified atom stereocenters. The average Bonchev–Trinajstić information content (AvgIpc) is 2.57. The Bertz CT molecular complexity index is 674. The summed E-state index contributed by atoms with van der Waals surface area (Å²) in [4.78, 5) is 10.8. The van der Waals surface area contributed by atoms with Crippen LogP contribution in [0.1, 0.15) is 23.7 Å². The van der Waals surface area contributed by atoms with Gasteiger partial charge in [-0.15, -0.1) is 0 Å². The van der Waals surface area contributed by atoms with E-state index >= 15 is 0 Å². The number of carboxylic acid groups (broad SMARTS) is 1. The van der Waals surface area contributed by atoms with Gasteiger partial charge in [0.15, 0.2) is 9.84 Å². The summed E-state index contributed by atoms with van der Waals surface area (Å²) >= 11 is 0. The highest BCUT2D eigenvalue weighted by molar-refractivity contribution is 7.91. The molecule has 110 valence electrons. The van der Waals surface area contributed by atoms with Crippen molar-refractivity contribution in [2.24, 2.45) is 0 Å². The van der Waals surface area contributed by atoms with Crippen LogP contribution in [0.25, 0.3) is 0 Å². The van der Waals surface area contributed by atoms with Crippen LogP contribution in [0.15, 0.2) is 12.1 Å². The highest BCUT2D eigenvalue weighted by Gasteiger charge is 2.38. The van der Waals surface area contributed by atoms with Crippen molar-refractivity contribution in [3.8, 4) is 0 Å². The van der Waals surface area contributed by atoms with Crippen LogP contribution in [0.2, 0.25) is 0 Å². The monoisotopic (exact) mass is 302 g/mol. The van der Waals surface area contributed by atoms with Crippen molar-refractivity contribution in [2.45, 2.75) is 18.9 Å². The Morgan fingerprint density at radius 3 is 2.65 bits per heavy atom. The van der Waals surface area contributed by atoms with Crippen molar-refractivity contribution >= 4 is 27.2 Å². The first-order valence-electron chi connectivity index (χ1n) is 5.93. The standard InChI is InChI=1S/C12H15FN2O4S/c1-12(2-3-20(18,19)6-12)15-10-5-8(13)7(11(16)17)4-9(10)14/h4-5,15H,2-3,6,14H2,1H3,(H,16,17). The number of aromatic carboxylic acids is 1. The van der Waals surface area contributed by atoms with E-state index in [1.165, 1.54) is 0 Å². The molecule has 0 spiro atoms. The van der Waals surface area contributed by atoms with Gasteiger partial charge in [-0.3, -0.25) is 0 Å². The molecule has 1 aliphatic rings. The summed E-state index contributed by atoms with van der Waals surface area (Å²) < 4.78 is 36.7. The fraction of sp³-hybridized carbons (Fsp3) is 0.417. The van der Waals surface area contributed by atoms with Gasteiger partial charge in [0.25, 0.3) is 0 Å². The lowest BCUT2D eigenvalue weighted by Gasteiger charge is -2.26. The lowest BCUT2D eigenvalue weighted by atomic mass is 10.0. The maximum atomic E-state index is 13.6. The van der Waals surface area contributed by atoms with Gasteiger partial charge in [0.05, 0.1) is 28.4 Å². The van der Waals surface area contributed by atoms with E-state index in [0.717, 1.165) is 12.1 Å². The topological polar surface area (TPSA) is 109 Å². The highest BCUT2D eigenvalue weighted by atomic mass is 32.2.